The molecule has 0 unspecified atom stereocenters. The summed E-state index contributed by atoms with van der Waals surface area (Å²) in [6, 6.07) is 8.61. The lowest BCUT2D eigenvalue weighted by Crippen LogP contribution is -1.88. The lowest BCUT2D eigenvalue weighted by atomic mass is 10.2. The Morgan fingerprint density at radius 1 is 1.27 bits per heavy atom. The van der Waals surface area contributed by atoms with Crippen LogP contribution in [-0.4, -0.2) is 9.82 Å². The minimum atomic E-state index is 0.698. The molecular weight excluding hydrogens is 202 g/mol. The third-order valence-corrected chi connectivity index (χ3v) is 3.70. The molecule has 0 radical (unpaired) electrons. The summed E-state index contributed by atoms with van der Waals surface area (Å²) < 4.78 is 2.21. The Balaban J connectivity index is 2.35. The zero-order chi connectivity index (χ0) is 10.8. The number of hydrogen-bond donors (Lipinski definition) is 0. The Bertz CT molecular complexity index is 457. The van der Waals surface area contributed by atoms with E-state index in [2.05, 4.69) is 55.9 Å². The highest BCUT2D eigenvalue weighted by molar-refractivity contribution is 7.99. The number of aromatic nitrogens is 1. The van der Waals surface area contributed by atoms with Gasteiger partial charge >= 0.3 is 0 Å². The third-order valence-electron chi connectivity index (χ3n) is 2.55. The van der Waals surface area contributed by atoms with Crippen LogP contribution in [0.25, 0.3) is 10.9 Å². The van der Waals surface area contributed by atoms with Gasteiger partial charge in [0.1, 0.15) is 0 Å². The molecule has 0 amide bonds. The maximum Gasteiger partial charge on any atom is 0.0480 e. The van der Waals surface area contributed by atoms with Gasteiger partial charge in [-0.15, -0.1) is 0 Å². The zero-order valence-electron chi connectivity index (χ0n) is 9.53. The summed E-state index contributed by atoms with van der Waals surface area (Å²) in [7, 11) is 2.12. The average Bonchev–Trinajstić information content (AvgIpc) is 2.54. The van der Waals surface area contributed by atoms with E-state index in [0.29, 0.717) is 5.25 Å². The molecule has 1 aromatic heterocycles. The molecule has 15 heavy (non-hydrogen) atoms. The molecular formula is C13H17NS. The van der Waals surface area contributed by atoms with E-state index >= 15 is 0 Å². The van der Waals surface area contributed by atoms with Gasteiger partial charge in [-0.25, -0.2) is 0 Å². The number of thioether (sulfide) groups is 1. The predicted molar refractivity (Wildman–Crippen MR) is 69.4 cm³/mol. The maximum absolute atomic E-state index is 2.25. The maximum atomic E-state index is 2.25. The Hall–Kier alpha value is -0.890. The minimum absolute atomic E-state index is 0.698. The van der Waals surface area contributed by atoms with Crippen LogP contribution in [0.2, 0.25) is 0 Å². The highest BCUT2D eigenvalue weighted by atomic mass is 32.2. The number of nitrogens with zero attached hydrogens (tertiary/aromatic N) is 1. The highest BCUT2D eigenvalue weighted by Gasteiger charge is 2.06. The molecule has 0 N–H and O–H groups in total. The Labute approximate surface area is 95.5 Å². The van der Waals surface area contributed by atoms with Crippen molar-refractivity contribution in [3.05, 3.63) is 36.0 Å². The molecule has 0 fully saturated rings. The number of fused-ring (bicyclic) bond motifs is 1. The molecule has 0 aliphatic carbocycles. The first-order valence-electron chi connectivity index (χ1n) is 5.33. The number of hydrogen-bond acceptors (Lipinski definition) is 1. The van der Waals surface area contributed by atoms with Crippen LogP contribution in [0, 0.1) is 0 Å². The molecule has 80 valence electrons. The molecule has 2 rings (SSSR count). The quantitative estimate of drug-likeness (QED) is 0.759. The first kappa shape index (κ1) is 10.6. The molecule has 2 heteroatoms. The third kappa shape index (κ3) is 2.20. The molecule has 0 aliphatic heterocycles. The van der Waals surface area contributed by atoms with Crippen molar-refractivity contribution in [1.29, 1.82) is 0 Å². The normalized spacial score (nSPS) is 11.5. The van der Waals surface area contributed by atoms with Crippen LogP contribution < -0.4 is 0 Å². The molecule has 0 saturated heterocycles. The molecule has 1 nitrogen and oxygen atoms in total. The van der Waals surface area contributed by atoms with E-state index in [4.69, 9.17) is 0 Å². The van der Waals surface area contributed by atoms with Crippen LogP contribution >= 0.6 is 11.8 Å². The number of rotatable bonds is 3. The van der Waals surface area contributed by atoms with Crippen LogP contribution in [-0.2, 0) is 12.8 Å². The minimum Gasteiger partial charge on any atom is -0.350 e. The second kappa shape index (κ2) is 4.31. The first-order valence-corrected chi connectivity index (χ1v) is 6.38. The van der Waals surface area contributed by atoms with Crippen LogP contribution in [0.4, 0.5) is 0 Å². The van der Waals surface area contributed by atoms with Crippen LogP contribution in [0.3, 0.4) is 0 Å². The molecule has 0 bridgehead atoms. The van der Waals surface area contributed by atoms with Gasteiger partial charge in [-0.2, -0.15) is 11.8 Å². The standard InChI is InChI=1S/C13H17NS/c1-10(2)15-9-11-8-14(3)13-7-5-4-6-12(11)13/h4-8,10H,9H2,1-3H3. The first-order chi connectivity index (χ1) is 7.18. The van der Waals surface area contributed by atoms with Crippen molar-refractivity contribution in [2.75, 3.05) is 0 Å². The zero-order valence-corrected chi connectivity index (χ0v) is 10.3. The van der Waals surface area contributed by atoms with Crippen molar-refractivity contribution in [2.45, 2.75) is 24.9 Å². The summed E-state index contributed by atoms with van der Waals surface area (Å²) >= 11 is 2.00. The van der Waals surface area contributed by atoms with Crippen molar-refractivity contribution < 1.29 is 0 Å². The monoisotopic (exact) mass is 219 g/mol. The fourth-order valence-corrected chi connectivity index (χ4v) is 2.54. The summed E-state index contributed by atoms with van der Waals surface area (Å²) in [6.45, 7) is 4.49. The van der Waals surface area contributed by atoms with Gasteiger partial charge in [0.15, 0.2) is 0 Å². The average molecular weight is 219 g/mol. The van der Waals surface area contributed by atoms with Gasteiger partial charge in [-0.3, -0.25) is 0 Å². The van der Waals surface area contributed by atoms with E-state index in [0.717, 1.165) is 5.75 Å². The largest absolute Gasteiger partial charge is 0.350 e. The van der Waals surface area contributed by atoms with E-state index in [-0.39, 0.29) is 0 Å². The fraction of sp³-hybridized carbons (Fsp3) is 0.385. The predicted octanol–water partition coefficient (Wildman–Crippen LogP) is 3.82. The van der Waals surface area contributed by atoms with Crippen LogP contribution in [0.5, 0.6) is 0 Å². The van der Waals surface area contributed by atoms with Crippen molar-refractivity contribution in [2.24, 2.45) is 7.05 Å². The van der Waals surface area contributed by atoms with Crippen LogP contribution in [0.15, 0.2) is 30.5 Å². The van der Waals surface area contributed by atoms with Crippen molar-refractivity contribution >= 4 is 22.7 Å². The Kier molecular flexibility index (Phi) is 3.06. The van der Waals surface area contributed by atoms with Crippen LogP contribution in [0.1, 0.15) is 19.4 Å². The van der Waals surface area contributed by atoms with Crippen molar-refractivity contribution in [1.82, 2.24) is 4.57 Å². The van der Waals surface area contributed by atoms with Gasteiger partial charge < -0.3 is 4.57 Å². The van der Waals surface area contributed by atoms with Crippen molar-refractivity contribution in [3.8, 4) is 0 Å². The van der Waals surface area contributed by atoms with Gasteiger partial charge in [-0.05, 0) is 16.9 Å². The van der Waals surface area contributed by atoms with Gasteiger partial charge in [0, 0.05) is 29.9 Å². The van der Waals surface area contributed by atoms with Gasteiger partial charge in [0.25, 0.3) is 0 Å². The van der Waals surface area contributed by atoms with E-state index in [1.807, 2.05) is 11.8 Å². The lowest BCUT2D eigenvalue weighted by Gasteiger charge is -2.02. The summed E-state index contributed by atoms with van der Waals surface area (Å²) in [5.74, 6) is 1.11. The second-order valence-corrected chi connectivity index (χ2v) is 5.71. The summed E-state index contributed by atoms with van der Waals surface area (Å²) in [4.78, 5) is 0. The molecule has 0 aliphatic rings. The van der Waals surface area contributed by atoms with E-state index < -0.39 is 0 Å². The van der Waals surface area contributed by atoms with E-state index in [1.165, 1.54) is 16.5 Å². The van der Waals surface area contributed by atoms with Crippen molar-refractivity contribution in [3.63, 3.8) is 0 Å². The second-order valence-electron chi connectivity index (χ2n) is 4.14. The molecule has 1 heterocycles. The van der Waals surface area contributed by atoms with E-state index in [9.17, 15) is 0 Å². The van der Waals surface area contributed by atoms with Gasteiger partial charge in [-0.1, -0.05) is 32.0 Å². The Morgan fingerprint density at radius 2 is 2.00 bits per heavy atom. The molecule has 0 saturated carbocycles. The molecule has 2 aromatic rings. The van der Waals surface area contributed by atoms with E-state index in [1.54, 1.807) is 0 Å². The lowest BCUT2D eigenvalue weighted by molar-refractivity contribution is 0.962. The summed E-state index contributed by atoms with van der Waals surface area (Å²) in [6.07, 6.45) is 2.25. The molecule has 0 atom stereocenters. The highest BCUT2D eigenvalue weighted by Crippen LogP contribution is 2.25. The topological polar surface area (TPSA) is 4.93 Å². The molecule has 1 aromatic carbocycles. The number of aryl methyl sites for hydroxylation is 1. The Morgan fingerprint density at radius 3 is 2.73 bits per heavy atom. The fourth-order valence-electron chi connectivity index (χ4n) is 1.80. The number of benzene rings is 1. The van der Waals surface area contributed by atoms with Gasteiger partial charge in [0.05, 0.1) is 0 Å². The molecule has 0 spiro atoms. The summed E-state index contributed by atoms with van der Waals surface area (Å²) in [5.41, 5.74) is 2.78. The smallest absolute Gasteiger partial charge is 0.0480 e. The van der Waals surface area contributed by atoms with Gasteiger partial charge in [0.2, 0.25) is 0 Å². The summed E-state index contributed by atoms with van der Waals surface area (Å²) in [5, 5.41) is 2.09. The number of para-hydroxylation sites is 1. The SMILES string of the molecule is CC(C)SCc1cn(C)c2ccccc12.